The first-order valence-corrected chi connectivity index (χ1v) is 12.0. The third-order valence-corrected chi connectivity index (χ3v) is 6.92. The van der Waals surface area contributed by atoms with Crippen LogP contribution in [0.15, 0.2) is 42.6 Å². The molecule has 0 saturated carbocycles. The molecule has 0 radical (unpaired) electrons. The van der Waals surface area contributed by atoms with Crippen molar-refractivity contribution in [2.45, 2.75) is 25.4 Å². The normalized spacial score (nSPS) is 19.1. The summed E-state index contributed by atoms with van der Waals surface area (Å²) in [4.78, 5) is 6.38. The third-order valence-electron chi connectivity index (χ3n) is 6.92. The first-order chi connectivity index (χ1) is 17.4. The summed E-state index contributed by atoms with van der Waals surface area (Å²) in [5, 5.41) is 21.8. The maximum atomic E-state index is 13.8. The SMILES string of the molecule is COc1ccc2nccc(C(O)CC[C@@H]3CCN(CC#Cc4c(F)ccc(F)c4F)C[C@@H]3CO)c2c1. The van der Waals surface area contributed by atoms with Gasteiger partial charge in [-0.05, 0) is 79.6 Å². The summed E-state index contributed by atoms with van der Waals surface area (Å²) in [7, 11) is 1.60. The van der Waals surface area contributed by atoms with Crippen LogP contribution >= 0.6 is 0 Å². The van der Waals surface area contributed by atoms with Crippen molar-refractivity contribution in [1.29, 1.82) is 0 Å². The molecule has 1 aromatic heterocycles. The van der Waals surface area contributed by atoms with Gasteiger partial charge < -0.3 is 14.9 Å². The lowest BCUT2D eigenvalue weighted by Gasteiger charge is -2.37. The second-order valence-corrected chi connectivity index (χ2v) is 9.12. The van der Waals surface area contributed by atoms with Crippen LogP contribution in [0, 0.1) is 41.1 Å². The Morgan fingerprint density at radius 3 is 2.72 bits per heavy atom. The molecule has 0 spiro atoms. The molecule has 8 heteroatoms. The Balaban J connectivity index is 1.36. The van der Waals surface area contributed by atoms with E-state index in [0.717, 1.165) is 41.4 Å². The predicted octanol–water partition coefficient (Wildman–Crippen LogP) is 4.46. The number of likely N-dealkylation sites (tertiary alicyclic amines) is 1. The quantitative estimate of drug-likeness (QED) is 0.372. The number of piperidine rings is 1. The summed E-state index contributed by atoms with van der Waals surface area (Å²) in [5.74, 6) is 2.72. The van der Waals surface area contributed by atoms with Crippen LogP contribution in [0.2, 0.25) is 0 Å². The first-order valence-electron chi connectivity index (χ1n) is 12.0. The fourth-order valence-electron chi connectivity index (χ4n) is 4.86. The highest BCUT2D eigenvalue weighted by molar-refractivity contribution is 5.83. The maximum Gasteiger partial charge on any atom is 0.177 e. The topological polar surface area (TPSA) is 65.8 Å². The molecule has 2 N–H and O–H groups in total. The molecule has 0 bridgehead atoms. The van der Waals surface area contributed by atoms with E-state index in [2.05, 4.69) is 16.8 Å². The molecule has 1 unspecified atom stereocenters. The van der Waals surface area contributed by atoms with Crippen molar-refractivity contribution in [1.82, 2.24) is 9.88 Å². The lowest BCUT2D eigenvalue weighted by Crippen LogP contribution is -2.42. The third kappa shape index (κ3) is 5.81. The van der Waals surface area contributed by atoms with Crippen LogP contribution in [0.3, 0.4) is 0 Å². The molecular formula is C28H29F3N2O3. The minimum Gasteiger partial charge on any atom is -0.497 e. The van der Waals surface area contributed by atoms with Crippen molar-refractivity contribution in [3.63, 3.8) is 0 Å². The van der Waals surface area contributed by atoms with Crippen LogP contribution < -0.4 is 4.74 Å². The van der Waals surface area contributed by atoms with E-state index in [0.29, 0.717) is 25.3 Å². The van der Waals surface area contributed by atoms with Crippen molar-refractivity contribution < 1.29 is 28.1 Å². The van der Waals surface area contributed by atoms with Gasteiger partial charge in [0, 0.05) is 24.7 Å². The van der Waals surface area contributed by atoms with Gasteiger partial charge in [0.1, 0.15) is 11.6 Å². The standard InChI is InChI=1S/C28H29F3N2O3/c1-36-20-5-8-26-23(15-20)21(10-12-32-26)27(35)9-4-18-11-14-33(16-19(18)17-34)13-2-3-22-24(29)6-7-25(30)28(22)31/h5-8,10,12,15,18-19,27,34-35H,4,9,11,13-14,16-17H2,1H3/t18-,19-,27?/m1/s1. The molecule has 2 heterocycles. The van der Waals surface area contributed by atoms with Gasteiger partial charge in [0.05, 0.1) is 30.8 Å². The van der Waals surface area contributed by atoms with Crippen LogP contribution in [0.5, 0.6) is 5.75 Å². The number of aliphatic hydroxyl groups excluding tert-OH is 2. The predicted molar refractivity (Wildman–Crippen MR) is 131 cm³/mol. The number of halogens is 3. The molecule has 3 aromatic rings. The van der Waals surface area contributed by atoms with Gasteiger partial charge in [-0.2, -0.15) is 0 Å². The summed E-state index contributed by atoms with van der Waals surface area (Å²) in [5.41, 5.74) is 1.01. The Kier molecular flexibility index (Phi) is 8.47. The fraction of sp³-hybridized carbons (Fsp3) is 0.393. The average Bonchev–Trinajstić information content (AvgIpc) is 2.90. The number of aliphatic hydroxyl groups is 2. The van der Waals surface area contributed by atoms with Crippen LogP contribution in [0.4, 0.5) is 13.2 Å². The minimum absolute atomic E-state index is 0.00672. The summed E-state index contributed by atoms with van der Waals surface area (Å²) < 4.78 is 46.2. The molecule has 2 aromatic carbocycles. The van der Waals surface area contributed by atoms with Gasteiger partial charge >= 0.3 is 0 Å². The van der Waals surface area contributed by atoms with Gasteiger partial charge in [-0.25, -0.2) is 13.2 Å². The molecule has 1 aliphatic rings. The number of benzene rings is 2. The van der Waals surface area contributed by atoms with Crippen LogP contribution in [-0.4, -0.2) is 53.4 Å². The summed E-state index contributed by atoms with van der Waals surface area (Å²) in [6, 6.07) is 8.98. The van der Waals surface area contributed by atoms with Gasteiger partial charge in [-0.1, -0.05) is 11.8 Å². The van der Waals surface area contributed by atoms with Crippen molar-refractivity contribution in [2.75, 3.05) is 33.4 Å². The van der Waals surface area contributed by atoms with Gasteiger partial charge in [0.15, 0.2) is 11.6 Å². The number of hydrogen-bond donors (Lipinski definition) is 2. The second-order valence-electron chi connectivity index (χ2n) is 9.12. The van der Waals surface area contributed by atoms with E-state index in [1.165, 1.54) is 0 Å². The Labute approximate surface area is 208 Å². The highest BCUT2D eigenvalue weighted by atomic mass is 19.2. The Morgan fingerprint density at radius 1 is 1.14 bits per heavy atom. The molecule has 4 rings (SSSR count). The second kappa shape index (κ2) is 11.7. The summed E-state index contributed by atoms with van der Waals surface area (Å²) in [6.07, 6.45) is 3.08. The zero-order valence-electron chi connectivity index (χ0n) is 20.1. The van der Waals surface area contributed by atoms with E-state index in [-0.39, 0.29) is 25.0 Å². The highest BCUT2D eigenvalue weighted by Gasteiger charge is 2.29. The lowest BCUT2D eigenvalue weighted by atomic mass is 9.81. The molecule has 1 saturated heterocycles. The molecule has 0 aliphatic carbocycles. The molecule has 1 aliphatic heterocycles. The zero-order valence-corrected chi connectivity index (χ0v) is 20.1. The number of fused-ring (bicyclic) bond motifs is 1. The molecular weight excluding hydrogens is 469 g/mol. The van der Waals surface area contributed by atoms with Crippen LogP contribution in [0.25, 0.3) is 10.9 Å². The van der Waals surface area contributed by atoms with Crippen LogP contribution in [0.1, 0.15) is 36.5 Å². The maximum absolute atomic E-state index is 13.8. The lowest BCUT2D eigenvalue weighted by molar-refractivity contribution is 0.0640. The molecule has 1 fully saturated rings. The van der Waals surface area contributed by atoms with E-state index in [1.54, 1.807) is 13.3 Å². The first kappa shape index (κ1) is 26.0. The Bertz CT molecular complexity index is 1270. The number of hydrogen-bond acceptors (Lipinski definition) is 5. The molecule has 0 amide bonds. The van der Waals surface area contributed by atoms with Gasteiger partial charge in [-0.15, -0.1) is 0 Å². The zero-order chi connectivity index (χ0) is 25.7. The van der Waals surface area contributed by atoms with Crippen LogP contribution in [-0.2, 0) is 0 Å². The average molecular weight is 499 g/mol. The Hall–Kier alpha value is -3.12. The largest absolute Gasteiger partial charge is 0.497 e. The molecule has 5 nitrogen and oxygen atoms in total. The van der Waals surface area contributed by atoms with Crippen molar-refractivity contribution in [3.8, 4) is 17.6 Å². The van der Waals surface area contributed by atoms with E-state index < -0.39 is 29.1 Å². The summed E-state index contributed by atoms with van der Waals surface area (Å²) >= 11 is 0. The minimum atomic E-state index is -1.28. The summed E-state index contributed by atoms with van der Waals surface area (Å²) in [6.45, 7) is 1.53. The molecule has 36 heavy (non-hydrogen) atoms. The van der Waals surface area contributed by atoms with E-state index in [4.69, 9.17) is 4.74 Å². The number of methoxy groups -OCH3 is 1. The van der Waals surface area contributed by atoms with Gasteiger partial charge in [0.2, 0.25) is 0 Å². The molecule has 190 valence electrons. The van der Waals surface area contributed by atoms with Gasteiger partial charge in [0.25, 0.3) is 0 Å². The molecule has 3 atom stereocenters. The number of aromatic nitrogens is 1. The number of pyridine rings is 1. The van der Waals surface area contributed by atoms with E-state index >= 15 is 0 Å². The van der Waals surface area contributed by atoms with Gasteiger partial charge in [-0.3, -0.25) is 9.88 Å². The highest BCUT2D eigenvalue weighted by Crippen LogP contribution is 2.33. The fourth-order valence-corrected chi connectivity index (χ4v) is 4.86. The van der Waals surface area contributed by atoms with Crippen molar-refractivity contribution in [2.24, 2.45) is 11.8 Å². The van der Waals surface area contributed by atoms with E-state index in [1.807, 2.05) is 29.2 Å². The monoisotopic (exact) mass is 498 g/mol. The van der Waals surface area contributed by atoms with Crippen molar-refractivity contribution >= 4 is 10.9 Å². The number of rotatable bonds is 7. The Morgan fingerprint density at radius 2 is 1.94 bits per heavy atom. The number of nitrogens with zero attached hydrogens (tertiary/aromatic N) is 2. The van der Waals surface area contributed by atoms with Crippen molar-refractivity contribution in [3.05, 3.63) is 71.2 Å². The van der Waals surface area contributed by atoms with E-state index in [9.17, 15) is 23.4 Å². The number of ether oxygens (including phenoxy) is 1. The smallest absolute Gasteiger partial charge is 0.177 e.